The van der Waals surface area contributed by atoms with Crippen LogP contribution in [-0.4, -0.2) is 57.4 Å². The molecule has 8 heteroatoms. The van der Waals surface area contributed by atoms with Gasteiger partial charge in [-0.05, 0) is 24.5 Å². The van der Waals surface area contributed by atoms with Crippen molar-refractivity contribution in [2.75, 3.05) is 38.2 Å². The normalized spacial score (nSPS) is 19.0. The van der Waals surface area contributed by atoms with Crippen molar-refractivity contribution in [3.8, 4) is 0 Å². The zero-order chi connectivity index (χ0) is 20.8. The van der Waals surface area contributed by atoms with Gasteiger partial charge in [0.1, 0.15) is 17.2 Å². The molecule has 156 valence electrons. The standard InChI is InChI=1S/C22H27N7O/c1-27(2)22(30)28-10-7-14(8-11-28)21-26-18(19-20(23)24-9-12-29(19)21)17-13-15-5-3-4-6-16(15)25-17/h3-6,9,12,14,17,25H,7-8,10-11,13H2,1-2H3,(H2,23,24). The van der Waals surface area contributed by atoms with E-state index in [4.69, 9.17) is 10.7 Å². The molecule has 0 saturated carbocycles. The number of carbonyl (C=O) groups is 1. The number of nitrogen functional groups attached to an aromatic ring is 1. The minimum Gasteiger partial charge on any atom is -0.382 e. The summed E-state index contributed by atoms with van der Waals surface area (Å²) in [4.78, 5) is 25.3. The molecule has 3 N–H and O–H groups in total. The molecule has 4 heterocycles. The molecule has 1 aromatic carbocycles. The average Bonchev–Trinajstić information content (AvgIpc) is 3.35. The maximum absolute atomic E-state index is 12.3. The second-order valence-electron chi connectivity index (χ2n) is 8.38. The fourth-order valence-corrected chi connectivity index (χ4v) is 4.72. The third kappa shape index (κ3) is 3.03. The van der Waals surface area contributed by atoms with E-state index in [1.165, 1.54) is 5.56 Å². The van der Waals surface area contributed by atoms with Gasteiger partial charge in [0.25, 0.3) is 0 Å². The number of imidazole rings is 1. The number of para-hydroxylation sites is 1. The number of hydrogen-bond acceptors (Lipinski definition) is 5. The molecule has 5 rings (SSSR count). The van der Waals surface area contributed by atoms with Crippen LogP contribution in [0.25, 0.3) is 5.52 Å². The molecule has 0 spiro atoms. The van der Waals surface area contributed by atoms with Crippen molar-refractivity contribution in [3.05, 3.63) is 53.7 Å². The molecule has 1 fully saturated rings. The Morgan fingerprint density at radius 2 is 2.00 bits per heavy atom. The second kappa shape index (κ2) is 7.19. The van der Waals surface area contributed by atoms with Crippen LogP contribution in [0.5, 0.6) is 0 Å². The number of amides is 2. The first-order valence-electron chi connectivity index (χ1n) is 10.5. The molecule has 2 amide bonds. The Morgan fingerprint density at radius 1 is 1.23 bits per heavy atom. The lowest BCUT2D eigenvalue weighted by Gasteiger charge is -2.33. The van der Waals surface area contributed by atoms with E-state index in [9.17, 15) is 4.79 Å². The van der Waals surface area contributed by atoms with Gasteiger partial charge >= 0.3 is 6.03 Å². The van der Waals surface area contributed by atoms with Crippen molar-refractivity contribution in [1.82, 2.24) is 24.2 Å². The molecule has 2 aliphatic heterocycles. The minimum absolute atomic E-state index is 0.0727. The highest BCUT2D eigenvalue weighted by Gasteiger charge is 2.32. The van der Waals surface area contributed by atoms with E-state index in [0.29, 0.717) is 5.82 Å². The van der Waals surface area contributed by atoms with Crippen molar-refractivity contribution >= 4 is 23.1 Å². The summed E-state index contributed by atoms with van der Waals surface area (Å²) in [7, 11) is 3.59. The topological polar surface area (TPSA) is 91.8 Å². The van der Waals surface area contributed by atoms with E-state index < -0.39 is 0 Å². The van der Waals surface area contributed by atoms with Gasteiger partial charge in [0.2, 0.25) is 0 Å². The Labute approximate surface area is 175 Å². The molecular weight excluding hydrogens is 378 g/mol. The van der Waals surface area contributed by atoms with Crippen LogP contribution in [0.1, 0.15) is 41.9 Å². The van der Waals surface area contributed by atoms with Crippen molar-refractivity contribution in [2.45, 2.75) is 31.2 Å². The molecule has 0 bridgehead atoms. The van der Waals surface area contributed by atoms with Gasteiger partial charge in [-0.25, -0.2) is 14.8 Å². The number of urea groups is 1. The van der Waals surface area contributed by atoms with E-state index >= 15 is 0 Å². The first-order chi connectivity index (χ1) is 14.5. The molecule has 1 saturated heterocycles. The summed E-state index contributed by atoms with van der Waals surface area (Å²) in [5.41, 5.74) is 10.6. The number of piperidine rings is 1. The molecule has 0 radical (unpaired) electrons. The molecule has 0 aliphatic carbocycles. The lowest BCUT2D eigenvalue weighted by molar-refractivity contribution is 0.155. The zero-order valence-corrected chi connectivity index (χ0v) is 17.4. The van der Waals surface area contributed by atoms with Gasteiger partial charge in [0.15, 0.2) is 0 Å². The van der Waals surface area contributed by atoms with Crippen molar-refractivity contribution < 1.29 is 4.79 Å². The fraction of sp³-hybridized carbons (Fsp3) is 0.409. The molecule has 1 unspecified atom stereocenters. The van der Waals surface area contributed by atoms with Crippen molar-refractivity contribution in [1.29, 1.82) is 0 Å². The molecule has 30 heavy (non-hydrogen) atoms. The van der Waals surface area contributed by atoms with E-state index in [0.717, 1.165) is 55.1 Å². The van der Waals surface area contributed by atoms with Crippen LogP contribution in [0.4, 0.5) is 16.3 Å². The summed E-state index contributed by atoms with van der Waals surface area (Å²) in [6, 6.07) is 8.52. The third-order valence-corrected chi connectivity index (χ3v) is 6.25. The largest absolute Gasteiger partial charge is 0.382 e. The summed E-state index contributed by atoms with van der Waals surface area (Å²) < 4.78 is 2.11. The Morgan fingerprint density at radius 3 is 2.73 bits per heavy atom. The summed E-state index contributed by atoms with van der Waals surface area (Å²) >= 11 is 0. The number of nitrogens with one attached hydrogen (secondary N) is 1. The number of anilines is 2. The van der Waals surface area contributed by atoms with Crippen molar-refractivity contribution in [2.24, 2.45) is 0 Å². The van der Waals surface area contributed by atoms with Gasteiger partial charge in [-0.2, -0.15) is 0 Å². The fourth-order valence-electron chi connectivity index (χ4n) is 4.72. The van der Waals surface area contributed by atoms with Crippen LogP contribution in [0.2, 0.25) is 0 Å². The molecule has 8 nitrogen and oxygen atoms in total. The van der Waals surface area contributed by atoms with Gasteiger partial charge in [0.05, 0.1) is 11.7 Å². The first kappa shape index (κ1) is 18.7. The van der Waals surface area contributed by atoms with Crippen molar-refractivity contribution in [3.63, 3.8) is 0 Å². The maximum atomic E-state index is 12.3. The van der Waals surface area contributed by atoms with E-state index in [2.05, 4.69) is 32.9 Å². The Balaban J connectivity index is 1.46. The minimum atomic E-state index is 0.0727. The number of rotatable bonds is 2. The highest BCUT2D eigenvalue weighted by molar-refractivity contribution is 5.74. The molecule has 2 aliphatic rings. The molecule has 3 aromatic rings. The number of nitrogens with zero attached hydrogens (tertiary/aromatic N) is 5. The van der Waals surface area contributed by atoms with Gasteiger partial charge in [-0.15, -0.1) is 0 Å². The molecule has 2 aromatic heterocycles. The summed E-state index contributed by atoms with van der Waals surface area (Å²) in [6.07, 6.45) is 6.35. The van der Waals surface area contributed by atoms with Crippen LogP contribution in [0.3, 0.4) is 0 Å². The Hall–Kier alpha value is -3.29. The predicted octanol–water partition coefficient (Wildman–Crippen LogP) is 2.88. The number of aromatic nitrogens is 3. The predicted molar refractivity (Wildman–Crippen MR) is 117 cm³/mol. The van der Waals surface area contributed by atoms with Crippen LogP contribution in [-0.2, 0) is 6.42 Å². The van der Waals surface area contributed by atoms with Crippen LogP contribution in [0, 0.1) is 0 Å². The summed E-state index contributed by atoms with van der Waals surface area (Å²) in [6.45, 7) is 1.47. The van der Waals surface area contributed by atoms with Gasteiger partial charge in [-0.1, -0.05) is 18.2 Å². The summed E-state index contributed by atoms with van der Waals surface area (Å²) in [5.74, 6) is 1.80. The number of carbonyl (C=O) groups excluding carboxylic acids is 1. The van der Waals surface area contributed by atoms with Gasteiger partial charge < -0.3 is 20.9 Å². The van der Waals surface area contributed by atoms with Crippen LogP contribution < -0.4 is 11.1 Å². The molecular formula is C22H27N7O. The van der Waals surface area contributed by atoms with E-state index in [1.54, 1.807) is 25.2 Å². The average molecular weight is 406 g/mol. The van der Waals surface area contributed by atoms with E-state index in [-0.39, 0.29) is 18.0 Å². The third-order valence-electron chi connectivity index (χ3n) is 6.25. The van der Waals surface area contributed by atoms with Gasteiger partial charge in [0, 0.05) is 57.6 Å². The summed E-state index contributed by atoms with van der Waals surface area (Å²) in [5, 5.41) is 3.60. The number of likely N-dealkylation sites (tertiary alicyclic amines) is 1. The quantitative estimate of drug-likeness (QED) is 0.684. The highest BCUT2D eigenvalue weighted by atomic mass is 16.2. The number of nitrogens with two attached hydrogens (primary N) is 1. The highest BCUT2D eigenvalue weighted by Crippen LogP contribution is 2.38. The lowest BCUT2D eigenvalue weighted by Crippen LogP contribution is -2.43. The van der Waals surface area contributed by atoms with Crippen LogP contribution >= 0.6 is 0 Å². The number of hydrogen-bond donors (Lipinski definition) is 2. The smallest absolute Gasteiger partial charge is 0.319 e. The van der Waals surface area contributed by atoms with Gasteiger partial charge in [-0.3, -0.25) is 4.40 Å². The first-order valence-corrected chi connectivity index (χ1v) is 10.5. The second-order valence-corrected chi connectivity index (χ2v) is 8.38. The molecule has 1 atom stereocenters. The zero-order valence-electron chi connectivity index (χ0n) is 17.4. The maximum Gasteiger partial charge on any atom is 0.319 e. The monoisotopic (exact) mass is 405 g/mol. The number of fused-ring (bicyclic) bond motifs is 2. The Kier molecular flexibility index (Phi) is 4.49. The van der Waals surface area contributed by atoms with Crippen LogP contribution in [0.15, 0.2) is 36.7 Å². The van der Waals surface area contributed by atoms with E-state index in [1.807, 2.05) is 17.2 Å². The Bertz CT molecular complexity index is 1070. The SMILES string of the molecule is CN(C)C(=O)N1CCC(c2nc(C3Cc4ccccc4N3)c3c(N)nccn23)CC1. The lowest BCUT2D eigenvalue weighted by atomic mass is 9.96. The number of benzene rings is 1.